The zero-order valence-electron chi connectivity index (χ0n) is 15.5. The highest BCUT2D eigenvalue weighted by Gasteiger charge is 2.20. The van der Waals surface area contributed by atoms with E-state index in [1.807, 2.05) is 32.0 Å². The standard InChI is InChI=1S/C20H24FN3O2/c1-13-6-5-7-18(14(13)2)23-19(25)12-24(4)15(3)20(26)22-17-10-8-16(21)9-11-17/h5-11,15H,12H2,1-4H3,(H,22,26)(H,23,25)/t15-/m0/s1. The van der Waals surface area contributed by atoms with Crippen LogP contribution in [0, 0.1) is 19.7 Å². The highest BCUT2D eigenvalue weighted by atomic mass is 19.1. The van der Waals surface area contributed by atoms with Crippen LogP contribution in [0.25, 0.3) is 0 Å². The zero-order chi connectivity index (χ0) is 19.3. The molecule has 2 rings (SSSR count). The van der Waals surface area contributed by atoms with Crippen molar-refractivity contribution in [3.8, 4) is 0 Å². The molecule has 0 fully saturated rings. The van der Waals surface area contributed by atoms with Gasteiger partial charge in [0.15, 0.2) is 0 Å². The molecule has 6 heteroatoms. The number of aryl methyl sites for hydroxylation is 1. The molecule has 2 aromatic rings. The van der Waals surface area contributed by atoms with Crippen LogP contribution in [0.2, 0.25) is 0 Å². The van der Waals surface area contributed by atoms with Crippen LogP contribution in [0.15, 0.2) is 42.5 Å². The maximum absolute atomic E-state index is 12.9. The maximum Gasteiger partial charge on any atom is 0.241 e. The molecule has 0 aliphatic heterocycles. The minimum absolute atomic E-state index is 0.0748. The number of likely N-dealkylation sites (N-methyl/N-ethyl adjacent to an activating group) is 1. The first-order valence-corrected chi connectivity index (χ1v) is 8.40. The van der Waals surface area contributed by atoms with Crippen LogP contribution in [0.5, 0.6) is 0 Å². The largest absolute Gasteiger partial charge is 0.325 e. The monoisotopic (exact) mass is 357 g/mol. The highest BCUT2D eigenvalue weighted by Crippen LogP contribution is 2.18. The minimum Gasteiger partial charge on any atom is -0.325 e. The molecule has 0 radical (unpaired) electrons. The summed E-state index contributed by atoms with van der Waals surface area (Å²) in [7, 11) is 1.71. The summed E-state index contributed by atoms with van der Waals surface area (Å²) < 4.78 is 12.9. The fourth-order valence-corrected chi connectivity index (χ4v) is 2.42. The fourth-order valence-electron chi connectivity index (χ4n) is 2.42. The van der Waals surface area contributed by atoms with E-state index in [1.165, 1.54) is 24.3 Å². The van der Waals surface area contributed by atoms with Crippen LogP contribution in [0.3, 0.4) is 0 Å². The summed E-state index contributed by atoms with van der Waals surface area (Å²) in [6.07, 6.45) is 0. The van der Waals surface area contributed by atoms with E-state index in [2.05, 4.69) is 10.6 Å². The zero-order valence-corrected chi connectivity index (χ0v) is 15.5. The van der Waals surface area contributed by atoms with Gasteiger partial charge in [-0.15, -0.1) is 0 Å². The Morgan fingerprint density at radius 2 is 1.73 bits per heavy atom. The molecule has 26 heavy (non-hydrogen) atoms. The third kappa shape index (κ3) is 5.13. The summed E-state index contributed by atoms with van der Waals surface area (Å²) in [5.41, 5.74) is 3.40. The highest BCUT2D eigenvalue weighted by molar-refractivity contribution is 5.96. The maximum atomic E-state index is 12.9. The van der Waals surface area contributed by atoms with Crippen molar-refractivity contribution in [3.63, 3.8) is 0 Å². The average molecular weight is 357 g/mol. The second-order valence-corrected chi connectivity index (χ2v) is 6.38. The van der Waals surface area contributed by atoms with Crippen molar-refractivity contribution in [1.29, 1.82) is 0 Å². The van der Waals surface area contributed by atoms with E-state index in [0.29, 0.717) is 5.69 Å². The Labute approximate surface area is 153 Å². The average Bonchev–Trinajstić information content (AvgIpc) is 2.60. The second-order valence-electron chi connectivity index (χ2n) is 6.38. The summed E-state index contributed by atoms with van der Waals surface area (Å²) in [4.78, 5) is 26.2. The number of amides is 2. The molecule has 5 nitrogen and oxygen atoms in total. The number of nitrogens with one attached hydrogen (secondary N) is 2. The number of hydrogen-bond acceptors (Lipinski definition) is 3. The number of carbonyl (C=O) groups is 2. The number of nitrogens with zero attached hydrogens (tertiary/aromatic N) is 1. The number of benzene rings is 2. The number of halogens is 1. The van der Waals surface area contributed by atoms with Crippen molar-refractivity contribution >= 4 is 23.2 Å². The van der Waals surface area contributed by atoms with Crippen LogP contribution in [0.4, 0.5) is 15.8 Å². The van der Waals surface area contributed by atoms with Crippen LogP contribution in [0.1, 0.15) is 18.1 Å². The number of hydrogen-bond donors (Lipinski definition) is 2. The van der Waals surface area contributed by atoms with Gasteiger partial charge in [0.2, 0.25) is 11.8 Å². The third-order valence-electron chi connectivity index (χ3n) is 4.42. The Bertz CT molecular complexity index is 790. The lowest BCUT2D eigenvalue weighted by atomic mass is 10.1. The van der Waals surface area contributed by atoms with E-state index < -0.39 is 6.04 Å². The smallest absolute Gasteiger partial charge is 0.241 e. The molecular weight excluding hydrogens is 333 g/mol. The van der Waals surface area contributed by atoms with Gasteiger partial charge >= 0.3 is 0 Å². The molecule has 138 valence electrons. The summed E-state index contributed by atoms with van der Waals surface area (Å²) in [5, 5.41) is 5.59. The Hall–Kier alpha value is -2.73. The summed E-state index contributed by atoms with van der Waals surface area (Å²) in [6.45, 7) is 5.72. The van der Waals surface area contributed by atoms with Gasteiger partial charge in [-0.1, -0.05) is 12.1 Å². The van der Waals surface area contributed by atoms with E-state index in [-0.39, 0.29) is 24.2 Å². The van der Waals surface area contributed by atoms with Gasteiger partial charge in [0.25, 0.3) is 0 Å². The fraction of sp³-hybridized carbons (Fsp3) is 0.300. The Morgan fingerprint density at radius 1 is 1.08 bits per heavy atom. The molecule has 2 aromatic carbocycles. The third-order valence-corrected chi connectivity index (χ3v) is 4.42. The van der Waals surface area contributed by atoms with Crippen LogP contribution < -0.4 is 10.6 Å². The molecule has 0 bridgehead atoms. The van der Waals surface area contributed by atoms with Crippen molar-refractivity contribution in [1.82, 2.24) is 4.90 Å². The number of carbonyl (C=O) groups excluding carboxylic acids is 2. The molecule has 0 aromatic heterocycles. The summed E-state index contributed by atoms with van der Waals surface area (Å²) >= 11 is 0. The lowest BCUT2D eigenvalue weighted by molar-refractivity contribution is -0.122. The number of rotatable bonds is 6. The summed E-state index contributed by atoms with van der Waals surface area (Å²) in [6, 6.07) is 10.7. The molecule has 0 saturated heterocycles. The van der Waals surface area contributed by atoms with Gasteiger partial charge in [-0.05, 0) is 69.3 Å². The van der Waals surface area contributed by atoms with Crippen molar-refractivity contribution in [2.75, 3.05) is 24.2 Å². The molecule has 0 aliphatic carbocycles. The van der Waals surface area contributed by atoms with E-state index >= 15 is 0 Å². The van der Waals surface area contributed by atoms with E-state index in [9.17, 15) is 14.0 Å². The molecule has 2 N–H and O–H groups in total. The van der Waals surface area contributed by atoms with Crippen molar-refractivity contribution in [2.45, 2.75) is 26.8 Å². The Kier molecular flexibility index (Phi) is 6.46. The lowest BCUT2D eigenvalue weighted by Gasteiger charge is -2.23. The molecular formula is C20H24FN3O2. The van der Waals surface area contributed by atoms with Crippen LogP contribution in [-0.2, 0) is 9.59 Å². The first-order chi connectivity index (χ1) is 12.3. The molecule has 0 aliphatic rings. The van der Waals surface area contributed by atoms with Crippen molar-refractivity contribution in [2.24, 2.45) is 0 Å². The van der Waals surface area contributed by atoms with E-state index in [4.69, 9.17) is 0 Å². The van der Waals surface area contributed by atoms with Gasteiger partial charge in [0.05, 0.1) is 12.6 Å². The van der Waals surface area contributed by atoms with Gasteiger partial charge in [-0.2, -0.15) is 0 Å². The lowest BCUT2D eigenvalue weighted by Crippen LogP contribution is -2.43. The first-order valence-electron chi connectivity index (χ1n) is 8.40. The molecule has 1 atom stereocenters. The molecule has 0 heterocycles. The SMILES string of the molecule is Cc1cccc(NC(=O)CN(C)[C@@H](C)C(=O)Nc2ccc(F)cc2)c1C. The molecule has 0 spiro atoms. The molecule has 0 unspecified atom stereocenters. The van der Waals surface area contributed by atoms with Gasteiger partial charge in [0.1, 0.15) is 5.82 Å². The number of anilines is 2. The Morgan fingerprint density at radius 3 is 2.38 bits per heavy atom. The van der Waals surface area contributed by atoms with Gasteiger partial charge in [-0.3, -0.25) is 14.5 Å². The van der Waals surface area contributed by atoms with E-state index in [0.717, 1.165) is 16.8 Å². The summed E-state index contributed by atoms with van der Waals surface area (Å²) in [5.74, 6) is -0.822. The van der Waals surface area contributed by atoms with Gasteiger partial charge < -0.3 is 10.6 Å². The van der Waals surface area contributed by atoms with Gasteiger partial charge in [-0.25, -0.2) is 4.39 Å². The van der Waals surface area contributed by atoms with Gasteiger partial charge in [0, 0.05) is 11.4 Å². The first kappa shape index (κ1) is 19.6. The van der Waals surface area contributed by atoms with Crippen LogP contribution in [-0.4, -0.2) is 36.3 Å². The van der Waals surface area contributed by atoms with Crippen LogP contribution >= 0.6 is 0 Å². The van der Waals surface area contributed by atoms with Crippen molar-refractivity contribution < 1.29 is 14.0 Å². The van der Waals surface area contributed by atoms with E-state index in [1.54, 1.807) is 18.9 Å². The molecule has 2 amide bonds. The second kappa shape index (κ2) is 8.58. The topological polar surface area (TPSA) is 61.4 Å². The quantitative estimate of drug-likeness (QED) is 0.834. The molecule has 0 saturated carbocycles. The predicted octanol–water partition coefficient (Wildman–Crippen LogP) is 3.34. The van der Waals surface area contributed by atoms with Crippen molar-refractivity contribution in [3.05, 3.63) is 59.4 Å². The predicted molar refractivity (Wildman–Crippen MR) is 102 cm³/mol. The Balaban J connectivity index is 1.91. The minimum atomic E-state index is -0.524. The normalized spacial score (nSPS) is 11.9.